The van der Waals surface area contributed by atoms with E-state index >= 15 is 0 Å². The molecule has 1 unspecified atom stereocenters. The second kappa shape index (κ2) is 13.0. The average Bonchev–Trinajstić information content (AvgIpc) is 3.13. The summed E-state index contributed by atoms with van der Waals surface area (Å²) in [6, 6.07) is 0. The summed E-state index contributed by atoms with van der Waals surface area (Å²) >= 11 is 0. The normalized spacial score (nSPS) is 28.5. The number of unbranched alkanes of at least 4 members (excludes halogenated alkanes) is 7. The van der Waals surface area contributed by atoms with E-state index in [0.29, 0.717) is 6.42 Å². The highest BCUT2D eigenvalue weighted by atomic mass is 32.3. The van der Waals surface area contributed by atoms with Gasteiger partial charge in [0.05, 0.1) is 19.3 Å². The van der Waals surface area contributed by atoms with Gasteiger partial charge in [0.2, 0.25) is 0 Å². The molecule has 0 aromatic rings. The van der Waals surface area contributed by atoms with Crippen molar-refractivity contribution in [2.75, 3.05) is 13.2 Å². The predicted molar refractivity (Wildman–Crippen MR) is 101 cm³/mol. The van der Waals surface area contributed by atoms with Gasteiger partial charge in [-0.05, 0) is 13.3 Å². The monoisotopic (exact) mass is 412 g/mol. The Hall–Kier alpha value is -0.290. The van der Waals surface area contributed by atoms with Crippen molar-refractivity contribution in [1.82, 2.24) is 0 Å². The molecule has 0 aliphatic carbocycles. The molecule has 9 heteroatoms. The van der Waals surface area contributed by atoms with Crippen LogP contribution >= 0.6 is 0 Å². The van der Waals surface area contributed by atoms with Gasteiger partial charge in [-0.25, -0.2) is 4.18 Å². The Morgan fingerprint density at radius 3 is 1.81 bits per heavy atom. The number of aliphatic hydroxyl groups is 2. The van der Waals surface area contributed by atoms with E-state index in [0.717, 1.165) is 12.8 Å². The summed E-state index contributed by atoms with van der Waals surface area (Å²) in [5.74, 6) is 0. The molecule has 0 aromatic carbocycles. The van der Waals surface area contributed by atoms with Gasteiger partial charge in [-0.15, -0.1) is 0 Å². The number of hydrogen-bond donors (Lipinski definition) is 3. The first-order chi connectivity index (χ1) is 12.7. The van der Waals surface area contributed by atoms with Crippen LogP contribution in [0.1, 0.15) is 71.6 Å². The maximum atomic E-state index is 10.4. The van der Waals surface area contributed by atoms with E-state index in [1.54, 1.807) is 6.92 Å². The van der Waals surface area contributed by atoms with Crippen molar-refractivity contribution in [1.29, 1.82) is 0 Å². The van der Waals surface area contributed by atoms with Crippen LogP contribution in [0, 0.1) is 0 Å². The molecule has 0 amide bonds. The lowest BCUT2D eigenvalue weighted by Gasteiger charge is -2.09. The standard InChI is InChI=1S/C12H26O4S.C6H10O4/c1-3-4-5-6-7-8-9-10-11-12(2)16-17(13,14)15;7-3-1-9-6-4(8)2-10-5(3)6/h12H,3-11H2,1-2H3,(H,13,14,15);3-8H,1-2H2/t;3-,4+,5-,6-/m.1/s1. The van der Waals surface area contributed by atoms with E-state index < -0.39 is 28.7 Å². The van der Waals surface area contributed by atoms with Crippen LogP contribution in [-0.2, 0) is 24.1 Å². The predicted octanol–water partition coefficient (Wildman–Crippen LogP) is 2.23. The van der Waals surface area contributed by atoms with E-state index in [1.807, 2.05) is 0 Å². The quantitative estimate of drug-likeness (QED) is 0.349. The first kappa shape index (κ1) is 24.7. The van der Waals surface area contributed by atoms with Crippen LogP contribution in [0.4, 0.5) is 0 Å². The van der Waals surface area contributed by atoms with Crippen molar-refractivity contribution >= 4 is 10.4 Å². The van der Waals surface area contributed by atoms with Gasteiger partial charge in [0.1, 0.15) is 24.4 Å². The Morgan fingerprint density at radius 1 is 0.926 bits per heavy atom. The highest BCUT2D eigenvalue weighted by molar-refractivity contribution is 7.80. The van der Waals surface area contributed by atoms with Crippen LogP contribution in [-0.4, -0.2) is 66.9 Å². The van der Waals surface area contributed by atoms with E-state index in [4.69, 9.17) is 24.2 Å². The third kappa shape index (κ3) is 10.7. The van der Waals surface area contributed by atoms with Gasteiger partial charge in [0, 0.05) is 0 Å². The smallest absolute Gasteiger partial charge is 0.388 e. The number of aliphatic hydroxyl groups excluding tert-OH is 2. The Morgan fingerprint density at radius 2 is 1.37 bits per heavy atom. The number of rotatable bonds is 11. The second-order valence-corrected chi connectivity index (χ2v) is 8.38. The number of hydrogen-bond acceptors (Lipinski definition) is 7. The summed E-state index contributed by atoms with van der Waals surface area (Å²) in [7, 11) is -4.28. The molecular formula is C18H36O8S. The Balaban J connectivity index is 0.000000303. The Bertz CT molecular complexity index is 468. The summed E-state index contributed by atoms with van der Waals surface area (Å²) in [6.07, 6.45) is 8.26. The SMILES string of the molecule is CCCCCCCCCCC(C)OS(=O)(=O)O.O[C@@H]1CO[C@H]2[C@@H]1OC[C@@H]2O. The highest BCUT2D eigenvalue weighted by Gasteiger charge is 2.46. The molecule has 0 radical (unpaired) electrons. The lowest BCUT2D eigenvalue weighted by atomic mass is 10.1. The summed E-state index contributed by atoms with van der Waals surface area (Å²) < 4.78 is 43.9. The number of fused-ring (bicyclic) bond motifs is 1. The zero-order valence-electron chi connectivity index (χ0n) is 16.5. The van der Waals surface area contributed by atoms with Gasteiger partial charge in [0.15, 0.2) is 0 Å². The lowest BCUT2D eigenvalue weighted by molar-refractivity contribution is 0.00205. The van der Waals surface area contributed by atoms with Crippen LogP contribution in [0.2, 0.25) is 0 Å². The van der Waals surface area contributed by atoms with Crippen molar-refractivity contribution in [3.63, 3.8) is 0 Å². The van der Waals surface area contributed by atoms with Gasteiger partial charge in [-0.2, -0.15) is 8.42 Å². The topological polar surface area (TPSA) is 123 Å². The van der Waals surface area contributed by atoms with Crippen LogP contribution in [0.25, 0.3) is 0 Å². The molecule has 2 aliphatic rings. The van der Waals surface area contributed by atoms with Crippen LogP contribution < -0.4 is 0 Å². The third-order valence-electron chi connectivity index (χ3n) is 4.75. The van der Waals surface area contributed by atoms with Crippen LogP contribution in [0.15, 0.2) is 0 Å². The fourth-order valence-corrected chi connectivity index (χ4v) is 3.79. The van der Waals surface area contributed by atoms with E-state index in [2.05, 4.69) is 11.1 Å². The van der Waals surface area contributed by atoms with Gasteiger partial charge in [-0.3, -0.25) is 4.55 Å². The number of ether oxygens (including phenoxy) is 2. The zero-order chi connectivity index (χ0) is 20.3. The highest BCUT2D eigenvalue weighted by Crippen LogP contribution is 2.26. The van der Waals surface area contributed by atoms with Crippen molar-refractivity contribution in [3.05, 3.63) is 0 Å². The molecule has 3 N–H and O–H groups in total. The molecule has 5 atom stereocenters. The minimum atomic E-state index is -4.28. The molecule has 2 heterocycles. The van der Waals surface area contributed by atoms with Crippen molar-refractivity contribution in [2.24, 2.45) is 0 Å². The molecule has 0 saturated carbocycles. The molecule has 2 saturated heterocycles. The van der Waals surface area contributed by atoms with E-state index in [9.17, 15) is 8.42 Å². The van der Waals surface area contributed by atoms with Gasteiger partial charge in [-0.1, -0.05) is 58.3 Å². The molecule has 8 nitrogen and oxygen atoms in total. The van der Waals surface area contributed by atoms with Gasteiger partial charge >= 0.3 is 10.4 Å². The maximum absolute atomic E-state index is 10.4. The van der Waals surface area contributed by atoms with Crippen molar-refractivity contribution < 1.29 is 36.8 Å². The summed E-state index contributed by atoms with van der Waals surface area (Å²) in [5, 5.41) is 18.3. The molecular weight excluding hydrogens is 376 g/mol. The molecule has 2 aliphatic heterocycles. The molecule has 27 heavy (non-hydrogen) atoms. The molecule has 0 aromatic heterocycles. The van der Waals surface area contributed by atoms with E-state index in [-0.39, 0.29) is 25.4 Å². The zero-order valence-corrected chi connectivity index (χ0v) is 17.3. The van der Waals surface area contributed by atoms with Gasteiger partial charge in [0.25, 0.3) is 0 Å². The average molecular weight is 413 g/mol. The molecule has 2 fully saturated rings. The van der Waals surface area contributed by atoms with Crippen LogP contribution in [0.3, 0.4) is 0 Å². The summed E-state index contributed by atoms with van der Waals surface area (Å²) in [6.45, 7) is 4.43. The molecule has 0 bridgehead atoms. The minimum absolute atomic E-state index is 0.284. The molecule has 0 spiro atoms. The first-order valence-electron chi connectivity index (χ1n) is 9.99. The van der Waals surface area contributed by atoms with Crippen molar-refractivity contribution in [2.45, 2.75) is 102 Å². The fraction of sp³-hybridized carbons (Fsp3) is 1.00. The van der Waals surface area contributed by atoms with Crippen molar-refractivity contribution in [3.8, 4) is 0 Å². The largest absolute Gasteiger partial charge is 0.397 e. The van der Waals surface area contributed by atoms with Gasteiger partial charge < -0.3 is 19.7 Å². The Labute approximate surface area is 163 Å². The minimum Gasteiger partial charge on any atom is -0.388 e. The summed E-state index contributed by atoms with van der Waals surface area (Å²) in [4.78, 5) is 0. The van der Waals surface area contributed by atoms with Crippen LogP contribution in [0.5, 0.6) is 0 Å². The maximum Gasteiger partial charge on any atom is 0.397 e. The molecule has 2 rings (SSSR count). The summed E-state index contributed by atoms with van der Waals surface area (Å²) in [5.41, 5.74) is 0. The van der Waals surface area contributed by atoms with E-state index in [1.165, 1.54) is 38.5 Å². The fourth-order valence-electron chi connectivity index (χ4n) is 3.28. The Kier molecular flexibility index (Phi) is 11.9. The third-order valence-corrected chi connectivity index (χ3v) is 5.32. The lowest BCUT2D eigenvalue weighted by Crippen LogP contribution is -2.30. The molecule has 162 valence electrons. The first-order valence-corrected chi connectivity index (χ1v) is 11.4. The second-order valence-electron chi connectivity index (χ2n) is 7.33.